The maximum absolute atomic E-state index is 13.3. The standard InChI is InChI=1S/C28H32N6O2/c1-20-9-11-23(12-10-20)27-30-26(36-31-27)8-6-14-32-15-17-33(18-16-32)28(35)24-19-21(2)34(22(24)3)25-7-4-5-13-29-25/h4-5,7,9-13,19H,6,8,14-18H2,1-3H3. The number of aryl methyl sites for hydroxylation is 3. The van der Waals surface area contributed by atoms with E-state index in [0.717, 1.165) is 73.9 Å². The first kappa shape index (κ1) is 23.9. The fourth-order valence-electron chi connectivity index (χ4n) is 4.79. The van der Waals surface area contributed by atoms with Crippen LogP contribution in [0.15, 0.2) is 59.3 Å². The van der Waals surface area contributed by atoms with Crippen molar-refractivity contribution >= 4 is 5.91 Å². The lowest BCUT2D eigenvalue weighted by molar-refractivity contribution is 0.0635. The van der Waals surface area contributed by atoms with Crippen LogP contribution in [0.25, 0.3) is 17.2 Å². The first-order chi connectivity index (χ1) is 17.5. The van der Waals surface area contributed by atoms with Gasteiger partial charge in [-0.3, -0.25) is 9.69 Å². The van der Waals surface area contributed by atoms with Gasteiger partial charge in [-0.1, -0.05) is 41.1 Å². The molecule has 0 spiro atoms. The zero-order valence-corrected chi connectivity index (χ0v) is 21.1. The summed E-state index contributed by atoms with van der Waals surface area (Å²) in [5, 5.41) is 4.12. The van der Waals surface area contributed by atoms with E-state index in [1.165, 1.54) is 5.56 Å². The highest BCUT2D eigenvalue weighted by atomic mass is 16.5. The number of hydrogen-bond acceptors (Lipinski definition) is 6. The molecule has 3 aromatic heterocycles. The fraction of sp³-hybridized carbons (Fsp3) is 0.357. The van der Waals surface area contributed by atoms with Gasteiger partial charge in [-0.05, 0) is 51.9 Å². The lowest BCUT2D eigenvalue weighted by Gasteiger charge is -2.34. The highest BCUT2D eigenvalue weighted by Gasteiger charge is 2.25. The van der Waals surface area contributed by atoms with E-state index in [2.05, 4.69) is 26.9 Å². The Kier molecular flexibility index (Phi) is 6.95. The minimum atomic E-state index is 0.0967. The number of piperazine rings is 1. The molecule has 4 aromatic rings. The molecule has 0 saturated carbocycles. The van der Waals surface area contributed by atoms with E-state index in [0.29, 0.717) is 11.7 Å². The van der Waals surface area contributed by atoms with Gasteiger partial charge in [-0.25, -0.2) is 4.98 Å². The first-order valence-corrected chi connectivity index (χ1v) is 12.5. The third kappa shape index (κ3) is 5.09. The largest absolute Gasteiger partial charge is 0.339 e. The van der Waals surface area contributed by atoms with Crippen LogP contribution in [0.3, 0.4) is 0 Å². The molecule has 1 saturated heterocycles. The smallest absolute Gasteiger partial charge is 0.255 e. The molecule has 4 heterocycles. The van der Waals surface area contributed by atoms with Gasteiger partial charge in [0.15, 0.2) is 0 Å². The van der Waals surface area contributed by atoms with Crippen LogP contribution in [-0.4, -0.2) is 68.1 Å². The van der Waals surface area contributed by atoms with Crippen LogP contribution >= 0.6 is 0 Å². The SMILES string of the molecule is Cc1ccc(-c2noc(CCCN3CCN(C(=O)c4cc(C)n(-c5ccccn5)c4C)CC3)n2)cc1. The summed E-state index contributed by atoms with van der Waals surface area (Å²) in [6, 6.07) is 15.9. The molecule has 186 valence electrons. The molecule has 0 aliphatic carbocycles. The van der Waals surface area contributed by atoms with E-state index in [-0.39, 0.29) is 5.91 Å². The van der Waals surface area contributed by atoms with Crippen molar-refractivity contribution in [1.82, 2.24) is 29.5 Å². The number of rotatable bonds is 7. The lowest BCUT2D eigenvalue weighted by Crippen LogP contribution is -2.49. The summed E-state index contributed by atoms with van der Waals surface area (Å²) in [4.78, 5) is 26.7. The van der Waals surface area contributed by atoms with Crippen LogP contribution in [-0.2, 0) is 6.42 Å². The van der Waals surface area contributed by atoms with Gasteiger partial charge in [-0.15, -0.1) is 0 Å². The minimum Gasteiger partial charge on any atom is -0.339 e. The van der Waals surface area contributed by atoms with Crippen LogP contribution in [0.2, 0.25) is 0 Å². The molecule has 1 fully saturated rings. The van der Waals surface area contributed by atoms with E-state index in [1.807, 2.05) is 71.8 Å². The second-order valence-corrected chi connectivity index (χ2v) is 9.42. The lowest BCUT2D eigenvalue weighted by atomic mass is 10.1. The number of carbonyl (C=O) groups excluding carboxylic acids is 1. The van der Waals surface area contributed by atoms with Crippen molar-refractivity contribution in [2.75, 3.05) is 32.7 Å². The van der Waals surface area contributed by atoms with Crippen LogP contribution in [0.4, 0.5) is 0 Å². The molecule has 0 bridgehead atoms. The molecule has 1 aromatic carbocycles. The van der Waals surface area contributed by atoms with Gasteiger partial charge < -0.3 is 14.0 Å². The Morgan fingerprint density at radius 1 is 1.00 bits per heavy atom. The highest BCUT2D eigenvalue weighted by Crippen LogP contribution is 2.22. The van der Waals surface area contributed by atoms with Gasteiger partial charge in [0.1, 0.15) is 5.82 Å². The van der Waals surface area contributed by atoms with Gasteiger partial charge in [0.25, 0.3) is 5.91 Å². The Hall–Kier alpha value is -3.78. The molecule has 8 heteroatoms. The molecule has 5 rings (SSSR count). The Morgan fingerprint density at radius 3 is 2.50 bits per heavy atom. The van der Waals surface area contributed by atoms with E-state index in [9.17, 15) is 4.79 Å². The second-order valence-electron chi connectivity index (χ2n) is 9.42. The Morgan fingerprint density at radius 2 is 1.78 bits per heavy atom. The van der Waals surface area contributed by atoms with Crippen molar-refractivity contribution < 1.29 is 9.32 Å². The zero-order chi connectivity index (χ0) is 25.1. The molecule has 1 aliphatic heterocycles. The van der Waals surface area contributed by atoms with E-state index < -0.39 is 0 Å². The summed E-state index contributed by atoms with van der Waals surface area (Å²) in [5.74, 6) is 2.24. The van der Waals surface area contributed by atoms with Crippen LogP contribution in [0.1, 0.15) is 39.6 Å². The average molecular weight is 485 g/mol. The normalized spacial score (nSPS) is 14.4. The monoisotopic (exact) mass is 484 g/mol. The van der Waals surface area contributed by atoms with Crippen molar-refractivity contribution in [2.45, 2.75) is 33.6 Å². The maximum atomic E-state index is 13.3. The summed E-state index contributed by atoms with van der Waals surface area (Å²) in [5.41, 5.74) is 4.88. The Balaban J connectivity index is 1.12. The Labute approximate surface area is 211 Å². The van der Waals surface area contributed by atoms with Crippen molar-refractivity contribution in [1.29, 1.82) is 0 Å². The van der Waals surface area contributed by atoms with E-state index in [1.54, 1.807) is 6.20 Å². The summed E-state index contributed by atoms with van der Waals surface area (Å²) < 4.78 is 7.50. The molecular weight excluding hydrogens is 452 g/mol. The molecule has 0 atom stereocenters. The predicted octanol–water partition coefficient (Wildman–Crippen LogP) is 4.24. The Bertz CT molecular complexity index is 1320. The third-order valence-corrected chi connectivity index (χ3v) is 6.84. The number of benzene rings is 1. The van der Waals surface area contributed by atoms with Gasteiger partial charge >= 0.3 is 0 Å². The molecule has 8 nitrogen and oxygen atoms in total. The van der Waals surface area contributed by atoms with Gasteiger partial charge in [0.05, 0.1) is 5.56 Å². The molecule has 1 aliphatic rings. The number of amides is 1. The van der Waals surface area contributed by atoms with Crippen molar-refractivity contribution in [3.05, 3.63) is 83.1 Å². The number of nitrogens with zero attached hydrogens (tertiary/aromatic N) is 6. The molecule has 1 amide bonds. The predicted molar refractivity (Wildman–Crippen MR) is 138 cm³/mol. The minimum absolute atomic E-state index is 0.0967. The third-order valence-electron chi connectivity index (χ3n) is 6.84. The highest BCUT2D eigenvalue weighted by molar-refractivity contribution is 5.96. The van der Waals surface area contributed by atoms with Crippen molar-refractivity contribution in [3.8, 4) is 17.2 Å². The van der Waals surface area contributed by atoms with Crippen molar-refractivity contribution in [3.63, 3.8) is 0 Å². The summed E-state index contributed by atoms with van der Waals surface area (Å²) >= 11 is 0. The molecule has 36 heavy (non-hydrogen) atoms. The molecule has 0 N–H and O–H groups in total. The van der Waals surface area contributed by atoms with Crippen LogP contribution in [0, 0.1) is 20.8 Å². The van der Waals surface area contributed by atoms with E-state index >= 15 is 0 Å². The molecule has 0 radical (unpaired) electrons. The number of carbonyl (C=O) groups is 1. The quantitative estimate of drug-likeness (QED) is 0.390. The molecule has 0 unspecified atom stereocenters. The number of hydrogen-bond donors (Lipinski definition) is 0. The van der Waals surface area contributed by atoms with Gasteiger partial charge in [0, 0.05) is 55.7 Å². The maximum Gasteiger partial charge on any atom is 0.255 e. The van der Waals surface area contributed by atoms with Crippen LogP contribution in [0.5, 0.6) is 0 Å². The van der Waals surface area contributed by atoms with Gasteiger partial charge in [0.2, 0.25) is 11.7 Å². The number of aromatic nitrogens is 4. The fourth-order valence-corrected chi connectivity index (χ4v) is 4.79. The molecular formula is C28H32N6O2. The van der Waals surface area contributed by atoms with Crippen LogP contribution < -0.4 is 0 Å². The zero-order valence-electron chi connectivity index (χ0n) is 21.1. The summed E-state index contributed by atoms with van der Waals surface area (Å²) in [6.45, 7) is 10.2. The van der Waals surface area contributed by atoms with Crippen molar-refractivity contribution in [2.24, 2.45) is 0 Å². The average Bonchev–Trinajstić information content (AvgIpc) is 3.49. The summed E-state index contributed by atoms with van der Waals surface area (Å²) in [7, 11) is 0. The first-order valence-electron chi connectivity index (χ1n) is 12.5. The van der Waals surface area contributed by atoms with Gasteiger partial charge in [-0.2, -0.15) is 4.98 Å². The second kappa shape index (κ2) is 10.5. The number of pyridine rings is 1. The topological polar surface area (TPSA) is 80.3 Å². The summed E-state index contributed by atoms with van der Waals surface area (Å²) in [6.07, 6.45) is 3.46. The van der Waals surface area contributed by atoms with E-state index in [4.69, 9.17) is 4.52 Å².